The molecule has 0 radical (unpaired) electrons. The molecule has 2 atom stereocenters. The highest BCUT2D eigenvalue weighted by Gasteiger charge is 2.40. The molecule has 0 aromatic heterocycles. The maximum absolute atomic E-state index is 14.5. The number of ether oxygens (including phenoxy) is 2. The van der Waals surface area contributed by atoms with Crippen LogP contribution in [0.4, 0.5) is 4.39 Å². The molecular formula is C16H20FNO4. The van der Waals surface area contributed by atoms with Gasteiger partial charge in [-0.15, -0.1) is 0 Å². The first kappa shape index (κ1) is 15.1. The maximum atomic E-state index is 14.5. The Morgan fingerprint density at radius 2 is 2.23 bits per heavy atom. The van der Waals surface area contributed by atoms with E-state index in [0.29, 0.717) is 24.3 Å². The molecule has 2 heterocycles. The predicted molar refractivity (Wildman–Crippen MR) is 77.8 cm³/mol. The number of aliphatic hydroxyl groups is 1. The number of fused-ring (bicyclic) bond motifs is 2. The molecular weight excluding hydrogens is 289 g/mol. The zero-order valence-corrected chi connectivity index (χ0v) is 12.9. The summed E-state index contributed by atoms with van der Waals surface area (Å²) in [5.74, 6) is -0.591. The van der Waals surface area contributed by atoms with Gasteiger partial charge in [-0.2, -0.15) is 0 Å². The number of hydrogen-bond acceptors (Lipinski definition) is 4. The Kier molecular flexibility index (Phi) is 3.72. The molecule has 6 heteroatoms. The standard InChI is InChI=1S/C16H20FNO4/c1-8(2)22-15-13-12(4-9(3)14(15)17)21-7-10-5-11(19)6-18(10)16(13)20/h4,8,10-11,19H,5-7H2,1-3H3/t10-,11+/m1/s1. The van der Waals surface area contributed by atoms with Crippen LogP contribution in [0.1, 0.15) is 36.2 Å². The van der Waals surface area contributed by atoms with Crippen LogP contribution < -0.4 is 9.47 Å². The van der Waals surface area contributed by atoms with E-state index in [4.69, 9.17) is 9.47 Å². The minimum Gasteiger partial charge on any atom is -0.490 e. The lowest BCUT2D eigenvalue weighted by Crippen LogP contribution is -2.37. The molecule has 1 amide bonds. The fourth-order valence-electron chi connectivity index (χ4n) is 3.02. The molecule has 2 aliphatic heterocycles. The van der Waals surface area contributed by atoms with Crippen LogP contribution in [0.5, 0.6) is 11.5 Å². The number of hydrogen-bond donors (Lipinski definition) is 1. The molecule has 1 aromatic carbocycles. The molecule has 0 spiro atoms. The number of halogens is 1. The first-order chi connectivity index (χ1) is 10.4. The number of aliphatic hydroxyl groups excluding tert-OH is 1. The Morgan fingerprint density at radius 3 is 2.91 bits per heavy atom. The zero-order chi connectivity index (χ0) is 16.0. The Hall–Kier alpha value is -1.82. The molecule has 3 rings (SSSR count). The van der Waals surface area contributed by atoms with E-state index in [2.05, 4.69) is 0 Å². The monoisotopic (exact) mass is 309 g/mol. The maximum Gasteiger partial charge on any atom is 0.261 e. The second kappa shape index (κ2) is 5.43. The van der Waals surface area contributed by atoms with Gasteiger partial charge in [0.1, 0.15) is 17.9 Å². The summed E-state index contributed by atoms with van der Waals surface area (Å²) in [5, 5.41) is 9.78. The lowest BCUT2D eigenvalue weighted by molar-refractivity contribution is 0.0704. The summed E-state index contributed by atoms with van der Waals surface area (Å²) in [7, 11) is 0. The van der Waals surface area contributed by atoms with Crippen LogP contribution in [0.2, 0.25) is 0 Å². The van der Waals surface area contributed by atoms with Gasteiger partial charge in [-0.25, -0.2) is 4.39 Å². The number of carbonyl (C=O) groups excluding carboxylic acids is 1. The van der Waals surface area contributed by atoms with E-state index in [-0.39, 0.29) is 35.9 Å². The summed E-state index contributed by atoms with van der Waals surface area (Å²) >= 11 is 0. The van der Waals surface area contributed by atoms with E-state index in [1.165, 1.54) is 6.07 Å². The minimum absolute atomic E-state index is 0.0583. The van der Waals surface area contributed by atoms with Crippen LogP contribution in [0.3, 0.4) is 0 Å². The van der Waals surface area contributed by atoms with Crippen LogP contribution in [-0.4, -0.2) is 47.3 Å². The summed E-state index contributed by atoms with van der Waals surface area (Å²) in [6.45, 7) is 5.70. The fraction of sp³-hybridized carbons (Fsp3) is 0.562. The summed E-state index contributed by atoms with van der Waals surface area (Å²) in [6, 6.07) is 1.35. The van der Waals surface area contributed by atoms with Crippen molar-refractivity contribution in [2.24, 2.45) is 0 Å². The van der Waals surface area contributed by atoms with Crippen molar-refractivity contribution in [1.82, 2.24) is 4.90 Å². The summed E-state index contributed by atoms with van der Waals surface area (Å²) in [4.78, 5) is 14.4. The average Bonchev–Trinajstić information content (AvgIpc) is 2.76. The lowest BCUT2D eigenvalue weighted by Gasteiger charge is -2.22. The molecule has 1 aromatic rings. The molecule has 0 bridgehead atoms. The second-order valence-electron chi connectivity index (χ2n) is 6.19. The number of carbonyl (C=O) groups is 1. The van der Waals surface area contributed by atoms with Crippen molar-refractivity contribution in [2.75, 3.05) is 13.2 Å². The van der Waals surface area contributed by atoms with E-state index in [1.54, 1.807) is 25.7 Å². The second-order valence-corrected chi connectivity index (χ2v) is 6.19. The third-order valence-electron chi connectivity index (χ3n) is 4.02. The first-order valence-electron chi connectivity index (χ1n) is 7.50. The summed E-state index contributed by atoms with van der Waals surface area (Å²) in [5.41, 5.74) is 0.498. The van der Waals surface area contributed by atoms with Gasteiger partial charge in [0.05, 0.1) is 18.2 Å². The van der Waals surface area contributed by atoms with E-state index in [1.807, 2.05) is 0 Å². The molecule has 120 valence electrons. The number of benzene rings is 1. The third kappa shape index (κ3) is 2.41. The number of aryl methyl sites for hydroxylation is 1. The molecule has 0 unspecified atom stereocenters. The third-order valence-corrected chi connectivity index (χ3v) is 4.02. The van der Waals surface area contributed by atoms with Gasteiger partial charge in [0.2, 0.25) is 0 Å². The molecule has 22 heavy (non-hydrogen) atoms. The highest BCUT2D eigenvalue weighted by molar-refractivity contribution is 6.00. The van der Waals surface area contributed by atoms with Gasteiger partial charge in [0.25, 0.3) is 5.91 Å². The molecule has 0 aliphatic carbocycles. The summed E-state index contributed by atoms with van der Waals surface area (Å²) < 4.78 is 25.8. The van der Waals surface area contributed by atoms with Crippen LogP contribution in [0, 0.1) is 12.7 Å². The van der Waals surface area contributed by atoms with Gasteiger partial charge >= 0.3 is 0 Å². The highest BCUT2D eigenvalue weighted by Crippen LogP contribution is 2.39. The van der Waals surface area contributed by atoms with Crippen molar-refractivity contribution < 1.29 is 23.8 Å². The van der Waals surface area contributed by atoms with Crippen molar-refractivity contribution >= 4 is 5.91 Å². The van der Waals surface area contributed by atoms with Crippen molar-refractivity contribution in [1.29, 1.82) is 0 Å². The van der Waals surface area contributed by atoms with Crippen LogP contribution in [-0.2, 0) is 0 Å². The van der Waals surface area contributed by atoms with Gasteiger partial charge in [0.15, 0.2) is 11.6 Å². The van der Waals surface area contributed by atoms with Crippen LogP contribution >= 0.6 is 0 Å². The quantitative estimate of drug-likeness (QED) is 0.906. The van der Waals surface area contributed by atoms with Crippen LogP contribution in [0.25, 0.3) is 0 Å². The van der Waals surface area contributed by atoms with E-state index in [9.17, 15) is 14.3 Å². The number of rotatable bonds is 2. The molecule has 1 N–H and O–H groups in total. The Morgan fingerprint density at radius 1 is 1.50 bits per heavy atom. The molecule has 5 nitrogen and oxygen atoms in total. The van der Waals surface area contributed by atoms with Gasteiger partial charge in [-0.1, -0.05) is 0 Å². The number of amides is 1. The van der Waals surface area contributed by atoms with E-state index < -0.39 is 11.9 Å². The lowest BCUT2D eigenvalue weighted by atomic mass is 10.1. The Labute approximate surface area is 128 Å². The van der Waals surface area contributed by atoms with Crippen molar-refractivity contribution in [3.8, 4) is 11.5 Å². The van der Waals surface area contributed by atoms with Crippen LogP contribution in [0.15, 0.2) is 6.07 Å². The van der Waals surface area contributed by atoms with Crippen molar-refractivity contribution in [2.45, 2.75) is 45.4 Å². The smallest absolute Gasteiger partial charge is 0.261 e. The van der Waals surface area contributed by atoms with Gasteiger partial charge in [-0.05, 0) is 38.8 Å². The fourth-order valence-corrected chi connectivity index (χ4v) is 3.02. The van der Waals surface area contributed by atoms with E-state index in [0.717, 1.165) is 0 Å². The molecule has 1 saturated heterocycles. The van der Waals surface area contributed by atoms with Gasteiger partial charge < -0.3 is 19.5 Å². The Balaban J connectivity index is 2.11. The SMILES string of the molecule is Cc1cc2c(c(OC(C)C)c1F)C(=O)N1C[C@@H](O)C[C@@H]1CO2. The Bertz CT molecular complexity index is 617. The summed E-state index contributed by atoms with van der Waals surface area (Å²) in [6.07, 6.45) is -0.359. The van der Waals surface area contributed by atoms with Gasteiger partial charge in [0, 0.05) is 6.54 Å². The van der Waals surface area contributed by atoms with Crippen molar-refractivity contribution in [3.63, 3.8) is 0 Å². The zero-order valence-electron chi connectivity index (χ0n) is 12.9. The average molecular weight is 309 g/mol. The normalized spacial score (nSPS) is 23.9. The highest BCUT2D eigenvalue weighted by atomic mass is 19.1. The largest absolute Gasteiger partial charge is 0.490 e. The topological polar surface area (TPSA) is 59.0 Å². The first-order valence-corrected chi connectivity index (χ1v) is 7.50. The minimum atomic E-state index is -0.566. The molecule has 1 fully saturated rings. The number of nitrogens with zero attached hydrogens (tertiary/aromatic N) is 1. The van der Waals surface area contributed by atoms with Crippen molar-refractivity contribution in [3.05, 3.63) is 23.0 Å². The predicted octanol–water partition coefficient (Wildman–Crippen LogP) is 1.89. The van der Waals surface area contributed by atoms with E-state index >= 15 is 0 Å². The molecule has 2 aliphatic rings. The van der Waals surface area contributed by atoms with Gasteiger partial charge in [-0.3, -0.25) is 4.79 Å². The molecule has 0 saturated carbocycles.